The monoisotopic (exact) mass is 164 g/mol. The van der Waals surface area contributed by atoms with Gasteiger partial charge in [-0.15, -0.1) is 0 Å². The molecule has 1 aromatic carbocycles. The molecule has 0 spiro atoms. The molecule has 0 amide bonds. The second kappa shape index (κ2) is 3.39. The molecule has 0 fully saturated rings. The topological polar surface area (TPSA) is 37.3 Å². The summed E-state index contributed by atoms with van der Waals surface area (Å²) in [6.45, 7) is 3.86. The van der Waals surface area contributed by atoms with Crippen molar-refractivity contribution in [1.82, 2.24) is 0 Å². The van der Waals surface area contributed by atoms with Crippen molar-refractivity contribution in [3.63, 3.8) is 0 Å². The molecule has 2 heteroatoms. The molecule has 1 aromatic rings. The number of phenols is 1. The summed E-state index contributed by atoms with van der Waals surface area (Å²) in [7, 11) is 0. The van der Waals surface area contributed by atoms with Crippen molar-refractivity contribution in [2.75, 3.05) is 0 Å². The number of aromatic hydroxyl groups is 1. The van der Waals surface area contributed by atoms with Gasteiger partial charge in [-0.2, -0.15) is 0 Å². The fourth-order valence-electron chi connectivity index (χ4n) is 1.24. The Labute approximate surface area is 71.8 Å². The summed E-state index contributed by atoms with van der Waals surface area (Å²) < 4.78 is 0. The Morgan fingerprint density at radius 1 is 1.50 bits per heavy atom. The van der Waals surface area contributed by atoms with Gasteiger partial charge in [-0.1, -0.05) is 13.0 Å². The molecular weight excluding hydrogens is 152 g/mol. The predicted octanol–water partition coefficient (Wildman–Crippen LogP) is 2.08. The van der Waals surface area contributed by atoms with Crippen LogP contribution in [0.25, 0.3) is 0 Å². The van der Waals surface area contributed by atoms with Crippen LogP contribution in [-0.4, -0.2) is 11.4 Å². The maximum Gasteiger partial charge on any atom is 0.153 e. The van der Waals surface area contributed by atoms with E-state index in [2.05, 4.69) is 0 Å². The predicted molar refractivity (Wildman–Crippen MR) is 47.6 cm³/mol. The number of aryl methyl sites for hydroxylation is 2. The van der Waals surface area contributed by atoms with E-state index in [0.29, 0.717) is 11.8 Å². The van der Waals surface area contributed by atoms with Crippen molar-refractivity contribution in [1.29, 1.82) is 0 Å². The first kappa shape index (κ1) is 8.78. The Kier molecular flexibility index (Phi) is 2.48. The van der Waals surface area contributed by atoms with E-state index in [0.717, 1.165) is 17.5 Å². The highest BCUT2D eigenvalue weighted by molar-refractivity contribution is 5.80. The lowest BCUT2D eigenvalue weighted by atomic mass is 10.0. The summed E-state index contributed by atoms with van der Waals surface area (Å²) in [6, 6.07) is 3.57. The average molecular weight is 164 g/mol. The van der Waals surface area contributed by atoms with Crippen molar-refractivity contribution < 1.29 is 9.90 Å². The van der Waals surface area contributed by atoms with Crippen molar-refractivity contribution in [3.05, 3.63) is 28.8 Å². The van der Waals surface area contributed by atoms with Gasteiger partial charge in [0.15, 0.2) is 6.29 Å². The van der Waals surface area contributed by atoms with E-state index in [-0.39, 0.29) is 5.75 Å². The van der Waals surface area contributed by atoms with Crippen LogP contribution in [0.5, 0.6) is 5.75 Å². The van der Waals surface area contributed by atoms with Crippen molar-refractivity contribution in [2.24, 2.45) is 0 Å². The van der Waals surface area contributed by atoms with Gasteiger partial charge in [-0.25, -0.2) is 0 Å². The van der Waals surface area contributed by atoms with Crippen LogP contribution >= 0.6 is 0 Å². The molecular formula is C10H12O2. The zero-order valence-corrected chi connectivity index (χ0v) is 7.29. The maximum atomic E-state index is 10.5. The van der Waals surface area contributed by atoms with Crippen LogP contribution in [0.15, 0.2) is 12.1 Å². The number of phenolic OH excluding ortho intramolecular Hbond substituents is 1. The highest BCUT2D eigenvalue weighted by atomic mass is 16.3. The number of benzene rings is 1. The minimum Gasteiger partial charge on any atom is -0.507 e. The van der Waals surface area contributed by atoms with Gasteiger partial charge in [0.25, 0.3) is 0 Å². The summed E-state index contributed by atoms with van der Waals surface area (Å²) in [5, 5.41) is 9.48. The Morgan fingerprint density at radius 2 is 2.17 bits per heavy atom. The quantitative estimate of drug-likeness (QED) is 0.679. The fraction of sp³-hybridized carbons (Fsp3) is 0.300. The lowest BCUT2D eigenvalue weighted by Crippen LogP contribution is -1.89. The summed E-state index contributed by atoms with van der Waals surface area (Å²) in [5.41, 5.74) is 2.22. The van der Waals surface area contributed by atoms with Crippen LogP contribution in [0.2, 0.25) is 0 Å². The van der Waals surface area contributed by atoms with Crippen molar-refractivity contribution >= 4 is 6.29 Å². The Morgan fingerprint density at radius 3 is 2.67 bits per heavy atom. The van der Waals surface area contributed by atoms with Crippen molar-refractivity contribution in [3.8, 4) is 5.75 Å². The van der Waals surface area contributed by atoms with Crippen LogP contribution in [0.4, 0.5) is 0 Å². The third kappa shape index (κ3) is 1.47. The molecule has 0 aliphatic rings. The SMILES string of the molecule is CCc1cc(C)cc(C=O)c1O. The lowest BCUT2D eigenvalue weighted by molar-refractivity contribution is 0.112. The van der Waals surface area contributed by atoms with E-state index in [1.165, 1.54) is 0 Å². The van der Waals surface area contributed by atoms with Gasteiger partial charge >= 0.3 is 0 Å². The van der Waals surface area contributed by atoms with Crippen molar-refractivity contribution in [2.45, 2.75) is 20.3 Å². The highest BCUT2D eigenvalue weighted by Gasteiger charge is 2.05. The molecule has 64 valence electrons. The second-order valence-electron chi connectivity index (χ2n) is 2.83. The van der Waals surface area contributed by atoms with Gasteiger partial charge in [0.2, 0.25) is 0 Å². The number of hydrogen-bond donors (Lipinski definition) is 1. The second-order valence-corrected chi connectivity index (χ2v) is 2.83. The third-order valence-electron chi connectivity index (χ3n) is 1.87. The Balaban J connectivity index is 3.31. The van der Waals surface area contributed by atoms with E-state index in [9.17, 15) is 9.90 Å². The first-order valence-electron chi connectivity index (χ1n) is 3.96. The number of rotatable bonds is 2. The van der Waals surface area contributed by atoms with Crippen LogP contribution in [0.3, 0.4) is 0 Å². The molecule has 0 atom stereocenters. The third-order valence-corrected chi connectivity index (χ3v) is 1.87. The molecule has 0 aromatic heterocycles. The fourth-order valence-corrected chi connectivity index (χ4v) is 1.24. The molecule has 0 heterocycles. The number of carbonyl (C=O) groups is 1. The molecule has 0 aliphatic carbocycles. The summed E-state index contributed by atoms with van der Waals surface area (Å²) in [6.07, 6.45) is 1.43. The lowest BCUT2D eigenvalue weighted by Gasteiger charge is -2.05. The molecule has 0 bridgehead atoms. The number of carbonyl (C=O) groups excluding carboxylic acids is 1. The standard InChI is InChI=1S/C10H12O2/c1-3-8-4-7(2)5-9(6-11)10(8)12/h4-6,12H,3H2,1-2H3. The zero-order valence-electron chi connectivity index (χ0n) is 7.29. The van der Waals surface area contributed by atoms with E-state index in [4.69, 9.17) is 0 Å². The maximum absolute atomic E-state index is 10.5. The molecule has 1 rings (SSSR count). The molecule has 0 saturated carbocycles. The highest BCUT2D eigenvalue weighted by Crippen LogP contribution is 2.23. The molecule has 0 aliphatic heterocycles. The smallest absolute Gasteiger partial charge is 0.153 e. The number of aldehydes is 1. The van der Waals surface area contributed by atoms with E-state index in [1.54, 1.807) is 6.07 Å². The summed E-state index contributed by atoms with van der Waals surface area (Å²) >= 11 is 0. The van der Waals surface area contributed by atoms with Crippen LogP contribution in [0.1, 0.15) is 28.4 Å². The summed E-state index contributed by atoms with van der Waals surface area (Å²) in [4.78, 5) is 10.5. The van der Waals surface area contributed by atoms with Crippen LogP contribution in [-0.2, 0) is 6.42 Å². The van der Waals surface area contributed by atoms with Gasteiger partial charge in [0, 0.05) is 0 Å². The van der Waals surface area contributed by atoms with Gasteiger partial charge in [-0.3, -0.25) is 4.79 Å². The molecule has 2 nitrogen and oxygen atoms in total. The minimum atomic E-state index is 0.123. The van der Waals surface area contributed by atoms with E-state index < -0.39 is 0 Å². The average Bonchev–Trinajstić information content (AvgIpc) is 2.08. The van der Waals surface area contributed by atoms with Gasteiger partial charge in [0.1, 0.15) is 5.75 Å². The number of hydrogen-bond acceptors (Lipinski definition) is 2. The summed E-state index contributed by atoms with van der Waals surface area (Å²) in [5.74, 6) is 0.123. The Bertz CT molecular complexity index is 303. The van der Waals surface area contributed by atoms with E-state index >= 15 is 0 Å². The molecule has 1 N–H and O–H groups in total. The molecule has 12 heavy (non-hydrogen) atoms. The van der Waals surface area contributed by atoms with Crippen LogP contribution < -0.4 is 0 Å². The Hall–Kier alpha value is -1.31. The van der Waals surface area contributed by atoms with Crippen LogP contribution in [0, 0.1) is 6.92 Å². The first-order valence-corrected chi connectivity index (χ1v) is 3.96. The normalized spacial score (nSPS) is 9.83. The molecule has 0 unspecified atom stereocenters. The largest absolute Gasteiger partial charge is 0.507 e. The first-order chi connectivity index (χ1) is 5.69. The molecule has 0 saturated heterocycles. The zero-order chi connectivity index (χ0) is 9.14. The van der Waals surface area contributed by atoms with E-state index in [1.807, 2.05) is 19.9 Å². The minimum absolute atomic E-state index is 0.123. The van der Waals surface area contributed by atoms with Gasteiger partial charge in [-0.05, 0) is 30.5 Å². The van der Waals surface area contributed by atoms with Gasteiger partial charge in [0.05, 0.1) is 5.56 Å². The van der Waals surface area contributed by atoms with Gasteiger partial charge < -0.3 is 5.11 Å². The molecule has 0 radical (unpaired) electrons.